The summed E-state index contributed by atoms with van der Waals surface area (Å²) < 4.78 is 52.1. The maximum Gasteiger partial charge on any atom is 0.418 e. The predicted molar refractivity (Wildman–Crippen MR) is 105 cm³/mol. The number of nitrogens with zero attached hydrogens (tertiary/aromatic N) is 2. The summed E-state index contributed by atoms with van der Waals surface area (Å²) in [5.74, 6) is 2.53. The average Bonchev–Trinajstić information content (AvgIpc) is 2.66. The summed E-state index contributed by atoms with van der Waals surface area (Å²) >= 11 is 0. The lowest BCUT2D eigenvalue weighted by molar-refractivity contribution is -0.137. The minimum atomic E-state index is -4.67. The Labute approximate surface area is 172 Å². The molecule has 0 unspecified atom stereocenters. The Balaban J connectivity index is 1.97. The normalized spacial score (nSPS) is 20.9. The van der Waals surface area contributed by atoms with Crippen LogP contribution in [-0.2, 0) is 10.9 Å². The molecule has 0 amide bonds. The number of hydrogen-bond acceptors (Lipinski definition) is 6. The SMILES string of the molecule is C#Cc1ccc(-c2nnc(NC3CC(C)(O)C3)cc2C(F)(F)F)c(OCOCC)c1. The van der Waals surface area contributed by atoms with E-state index in [4.69, 9.17) is 15.9 Å². The second-order valence-corrected chi connectivity index (χ2v) is 7.35. The van der Waals surface area contributed by atoms with Gasteiger partial charge in [-0.3, -0.25) is 0 Å². The number of ether oxygens (including phenoxy) is 2. The molecule has 0 bridgehead atoms. The second kappa shape index (κ2) is 8.50. The van der Waals surface area contributed by atoms with Crippen molar-refractivity contribution in [3.8, 4) is 29.4 Å². The van der Waals surface area contributed by atoms with Crippen LogP contribution in [0.3, 0.4) is 0 Å². The maximum atomic E-state index is 13.8. The Morgan fingerprint density at radius 1 is 1.30 bits per heavy atom. The van der Waals surface area contributed by atoms with E-state index in [1.807, 2.05) is 0 Å². The standard InChI is InChI=1S/C21H22F3N3O3/c1-4-13-6-7-15(17(8-13)30-12-29-5-2)19-16(21(22,23)24)9-18(26-27-19)25-14-10-20(3,28)11-14/h1,6-9,14,28H,5,10-12H2,2-3H3,(H,25,26). The van der Waals surface area contributed by atoms with Gasteiger partial charge in [-0.1, -0.05) is 5.92 Å². The lowest BCUT2D eigenvalue weighted by atomic mass is 9.77. The van der Waals surface area contributed by atoms with Crippen LogP contribution in [0.25, 0.3) is 11.3 Å². The van der Waals surface area contributed by atoms with E-state index in [2.05, 4.69) is 21.4 Å². The molecule has 1 aromatic carbocycles. The molecule has 9 heteroatoms. The molecule has 0 radical (unpaired) electrons. The maximum absolute atomic E-state index is 13.8. The highest BCUT2D eigenvalue weighted by atomic mass is 19.4. The van der Waals surface area contributed by atoms with Gasteiger partial charge in [0.1, 0.15) is 17.3 Å². The van der Waals surface area contributed by atoms with Crippen LogP contribution < -0.4 is 10.1 Å². The van der Waals surface area contributed by atoms with Gasteiger partial charge in [-0.2, -0.15) is 13.2 Å². The average molecular weight is 421 g/mol. The molecular formula is C21H22F3N3O3. The molecule has 6 nitrogen and oxygen atoms in total. The molecule has 2 N–H and O–H groups in total. The van der Waals surface area contributed by atoms with Gasteiger partial charge in [-0.15, -0.1) is 16.6 Å². The second-order valence-electron chi connectivity index (χ2n) is 7.35. The molecule has 1 saturated carbocycles. The summed E-state index contributed by atoms with van der Waals surface area (Å²) in [6.07, 6.45) is 1.56. The zero-order valence-electron chi connectivity index (χ0n) is 16.6. The first-order chi connectivity index (χ1) is 14.1. The van der Waals surface area contributed by atoms with Crippen LogP contribution in [0.2, 0.25) is 0 Å². The first-order valence-corrected chi connectivity index (χ1v) is 9.38. The van der Waals surface area contributed by atoms with Gasteiger partial charge in [0.25, 0.3) is 0 Å². The molecule has 1 heterocycles. The third kappa shape index (κ3) is 5.01. The molecule has 30 heavy (non-hydrogen) atoms. The fourth-order valence-corrected chi connectivity index (χ4v) is 3.31. The van der Waals surface area contributed by atoms with Crippen molar-refractivity contribution >= 4 is 5.82 Å². The van der Waals surface area contributed by atoms with Crippen LogP contribution >= 0.6 is 0 Å². The number of aliphatic hydroxyl groups is 1. The first-order valence-electron chi connectivity index (χ1n) is 9.38. The number of aromatic nitrogens is 2. The lowest BCUT2D eigenvalue weighted by Gasteiger charge is -2.41. The zero-order valence-corrected chi connectivity index (χ0v) is 16.6. The summed E-state index contributed by atoms with van der Waals surface area (Å²) in [7, 11) is 0. The molecule has 0 aliphatic heterocycles. The molecule has 0 saturated heterocycles. The lowest BCUT2D eigenvalue weighted by Crippen LogP contribution is -2.48. The van der Waals surface area contributed by atoms with Crippen molar-refractivity contribution in [2.75, 3.05) is 18.7 Å². The van der Waals surface area contributed by atoms with Crippen LogP contribution in [0.1, 0.15) is 37.8 Å². The molecule has 1 fully saturated rings. The van der Waals surface area contributed by atoms with Gasteiger partial charge in [0.05, 0.1) is 11.2 Å². The van der Waals surface area contributed by atoms with Gasteiger partial charge in [-0.05, 0) is 51.0 Å². The smallest absolute Gasteiger partial charge is 0.418 e. The number of halogens is 3. The number of hydrogen-bond donors (Lipinski definition) is 2. The fraction of sp³-hybridized carbons (Fsp3) is 0.429. The van der Waals surface area contributed by atoms with Crippen LogP contribution in [0.4, 0.5) is 19.0 Å². The molecular weight excluding hydrogens is 399 g/mol. The molecule has 0 atom stereocenters. The minimum Gasteiger partial charge on any atom is -0.467 e. The van der Waals surface area contributed by atoms with Crippen LogP contribution in [-0.4, -0.2) is 40.3 Å². The summed E-state index contributed by atoms with van der Waals surface area (Å²) in [5.41, 5.74) is -1.60. The van der Waals surface area contributed by atoms with Crippen molar-refractivity contribution in [2.45, 2.75) is 44.5 Å². The van der Waals surface area contributed by atoms with Gasteiger partial charge in [-0.25, -0.2) is 0 Å². The topological polar surface area (TPSA) is 76.5 Å². The molecule has 2 aromatic rings. The fourth-order valence-electron chi connectivity index (χ4n) is 3.31. The van der Waals surface area contributed by atoms with Crippen LogP contribution in [0.15, 0.2) is 24.3 Å². The Morgan fingerprint density at radius 3 is 2.63 bits per heavy atom. The first kappa shape index (κ1) is 21.9. The third-order valence-corrected chi connectivity index (χ3v) is 4.73. The number of benzene rings is 1. The van der Waals surface area contributed by atoms with Crippen molar-refractivity contribution in [1.29, 1.82) is 0 Å². The van der Waals surface area contributed by atoms with Crippen molar-refractivity contribution in [3.63, 3.8) is 0 Å². The zero-order chi connectivity index (χ0) is 21.9. The Hall–Kier alpha value is -2.83. The molecule has 160 valence electrons. The van der Waals surface area contributed by atoms with Gasteiger partial charge in [0, 0.05) is 23.8 Å². The highest BCUT2D eigenvalue weighted by Crippen LogP contribution is 2.41. The molecule has 3 rings (SSSR count). The van der Waals surface area contributed by atoms with Crippen molar-refractivity contribution in [2.24, 2.45) is 0 Å². The summed E-state index contributed by atoms with van der Waals surface area (Å²) in [4.78, 5) is 0. The Bertz CT molecular complexity index is 947. The van der Waals surface area contributed by atoms with Crippen molar-refractivity contribution < 1.29 is 27.8 Å². The van der Waals surface area contributed by atoms with E-state index in [1.165, 1.54) is 18.2 Å². The van der Waals surface area contributed by atoms with E-state index in [-0.39, 0.29) is 35.7 Å². The van der Waals surface area contributed by atoms with Gasteiger partial charge < -0.3 is 19.9 Å². The van der Waals surface area contributed by atoms with Gasteiger partial charge in [0.2, 0.25) is 0 Å². The molecule has 1 aromatic heterocycles. The minimum absolute atomic E-state index is 0.0106. The monoisotopic (exact) mass is 421 g/mol. The largest absolute Gasteiger partial charge is 0.467 e. The van der Waals surface area contributed by atoms with E-state index >= 15 is 0 Å². The Morgan fingerprint density at radius 2 is 2.03 bits per heavy atom. The van der Waals surface area contributed by atoms with E-state index < -0.39 is 17.3 Å². The molecule has 0 spiro atoms. The van der Waals surface area contributed by atoms with E-state index in [0.717, 1.165) is 6.07 Å². The predicted octanol–water partition coefficient (Wildman–Crippen LogP) is 3.84. The third-order valence-electron chi connectivity index (χ3n) is 4.73. The highest BCUT2D eigenvalue weighted by Gasteiger charge is 2.40. The molecule has 1 aliphatic rings. The van der Waals surface area contributed by atoms with Crippen LogP contribution in [0.5, 0.6) is 5.75 Å². The number of rotatable bonds is 7. The number of alkyl halides is 3. The number of nitrogens with one attached hydrogen (secondary N) is 1. The number of anilines is 1. The van der Waals surface area contributed by atoms with E-state index in [1.54, 1.807) is 13.8 Å². The summed E-state index contributed by atoms with van der Waals surface area (Å²) in [6.45, 7) is 3.67. The van der Waals surface area contributed by atoms with Crippen molar-refractivity contribution in [3.05, 3.63) is 35.4 Å². The van der Waals surface area contributed by atoms with Gasteiger partial charge >= 0.3 is 6.18 Å². The Kier molecular flexibility index (Phi) is 6.19. The quantitative estimate of drug-likeness (QED) is 0.402. The number of terminal acetylenes is 1. The van der Waals surface area contributed by atoms with Crippen LogP contribution in [0, 0.1) is 12.3 Å². The van der Waals surface area contributed by atoms with Crippen molar-refractivity contribution in [1.82, 2.24) is 10.2 Å². The summed E-state index contributed by atoms with van der Waals surface area (Å²) in [6, 6.07) is 5.13. The summed E-state index contributed by atoms with van der Waals surface area (Å²) in [5, 5.41) is 20.4. The van der Waals surface area contributed by atoms with E-state index in [9.17, 15) is 18.3 Å². The molecule has 1 aliphatic carbocycles. The van der Waals surface area contributed by atoms with E-state index in [0.29, 0.717) is 25.0 Å². The van der Waals surface area contributed by atoms with Gasteiger partial charge in [0.15, 0.2) is 6.79 Å². The highest BCUT2D eigenvalue weighted by molar-refractivity contribution is 5.72.